The molecule has 0 heterocycles. The third-order valence-electron chi connectivity index (χ3n) is 3.01. The highest BCUT2D eigenvalue weighted by Gasteiger charge is 2.15. The van der Waals surface area contributed by atoms with E-state index in [-0.39, 0.29) is 11.1 Å². The zero-order valence-electron chi connectivity index (χ0n) is 12.7. The van der Waals surface area contributed by atoms with Gasteiger partial charge < -0.3 is 25.7 Å². The lowest BCUT2D eigenvalue weighted by Gasteiger charge is -2.11. The van der Waals surface area contributed by atoms with Crippen molar-refractivity contribution in [3.63, 3.8) is 0 Å². The third kappa shape index (κ3) is 5.80. The summed E-state index contributed by atoms with van der Waals surface area (Å²) in [6, 6.07) is 4.71. The molecule has 0 aliphatic rings. The predicted molar refractivity (Wildman–Crippen MR) is 80.7 cm³/mol. The maximum absolute atomic E-state index is 11.4. The molecule has 22 heavy (non-hydrogen) atoms. The number of amides is 2. The molecule has 0 aromatic heterocycles. The minimum atomic E-state index is -0.596. The molecule has 0 aliphatic heterocycles. The van der Waals surface area contributed by atoms with Crippen LogP contribution in [-0.2, 0) is 20.6 Å². The molecule has 7 heteroatoms. The highest BCUT2D eigenvalue weighted by molar-refractivity contribution is 6.01. The summed E-state index contributed by atoms with van der Waals surface area (Å²) in [7, 11) is 1.60. The Bertz CT molecular complexity index is 472. The molecule has 0 aliphatic carbocycles. The summed E-state index contributed by atoms with van der Waals surface area (Å²) in [5.74, 6) is -1.19. The minimum Gasteiger partial charge on any atom is -0.382 e. The van der Waals surface area contributed by atoms with Gasteiger partial charge in [0.25, 0.3) is 0 Å². The van der Waals surface area contributed by atoms with E-state index in [4.69, 9.17) is 25.7 Å². The summed E-state index contributed by atoms with van der Waals surface area (Å²) in [4.78, 5) is 22.9. The first-order chi connectivity index (χ1) is 10.6. The second-order valence-corrected chi connectivity index (χ2v) is 4.53. The van der Waals surface area contributed by atoms with Gasteiger partial charge in [0, 0.05) is 18.2 Å². The van der Waals surface area contributed by atoms with Gasteiger partial charge >= 0.3 is 0 Å². The number of ether oxygens (including phenoxy) is 3. The first-order valence-electron chi connectivity index (χ1n) is 6.93. The van der Waals surface area contributed by atoms with Gasteiger partial charge in [0.05, 0.1) is 33.0 Å². The smallest absolute Gasteiger partial charge is 0.249 e. The van der Waals surface area contributed by atoms with Crippen LogP contribution < -0.4 is 11.5 Å². The van der Waals surface area contributed by atoms with Crippen LogP contribution in [0, 0.1) is 0 Å². The topological polar surface area (TPSA) is 114 Å². The molecule has 122 valence electrons. The molecule has 1 aromatic rings. The minimum absolute atomic E-state index is 0.288. The largest absolute Gasteiger partial charge is 0.382 e. The zero-order chi connectivity index (χ0) is 16.4. The summed E-state index contributed by atoms with van der Waals surface area (Å²) in [5.41, 5.74) is 11.7. The van der Waals surface area contributed by atoms with Crippen molar-refractivity contribution in [1.29, 1.82) is 0 Å². The Morgan fingerprint density at radius 1 is 0.909 bits per heavy atom. The van der Waals surface area contributed by atoms with Crippen molar-refractivity contribution in [2.75, 3.05) is 40.1 Å². The van der Waals surface area contributed by atoms with Crippen LogP contribution >= 0.6 is 0 Å². The number of methoxy groups -OCH3 is 1. The van der Waals surface area contributed by atoms with Gasteiger partial charge in [0.1, 0.15) is 0 Å². The van der Waals surface area contributed by atoms with E-state index in [1.54, 1.807) is 25.3 Å². The highest BCUT2D eigenvalue weighted by atomic mass is 16.5. The van der Waals surface area contributed by atoms with E-state index < -0.39 is 11.8 Å². The number of primary amides is 2. The second-order valence-electron chi connectivity index (χ2n) is 4.53. The van der Waals surface area contributed by atoms with Crippen LogP contribution in [-0.4, -0.2) is 52.0 Å². The van der Waals surface area contributed by atoms with E-state index in [0.717, 1.165) is 0 Å². The van der Waals surface area contributed by atoms with Crippen molar-refractivity contribution < 1.29 is 23.8 Å². The Balaban J connectivity index is 2.50. The Kier molecular flexibility index (Phi) is 8.13. The lowest BCUT2D eigenvalue weighted by atomic mass is 9.97. The van der Waals surface area contributed by atoms with Gasteiger partial charge in [-0.3, -0.25) is 9.59 Å². The maximum Gasteiger partial charge on any atom is 0.249 e. The number of rotatable bonds is 11. The molecule has 1 rings (SSSR count). The number of hydrogen-bond donors (Lipinski definition) is 2. The van der Waals surface area contributed by atoms with E-state index in [2.05, 4.69) is 0 Å². The molecule has 0 bridgehead atoms. The molecule has 0 spiro atoms. The predicted octanol–water partition coefficient (Wildman–Crippen LogP) is 0.107. The fourth-order valence-corrected chi connectivity index (χ4v) is 1.96. The summed E-state index contributed by atoms with van der Waals surface area (Å²) in [5, 5.41) is 0. The van der Waals surface area contributed by atoms with E-state index in [9.17, 15) is 9.59 Å². The van der Waals surface area contributed by atoms with E-state index in [1.165, 1.54) is 0 Å². The molecule has 4 N–H and O–H groups in total. The molecular weight excluding hydrogens is 288 g/mol. The Hall–Kier alpha value is -1.96. The monoisotopic (exact) mass is 310 g/mol. The molecule has 0 saturated carbocycles. The van der Waals surface area contributed by atoms with Gasteiger partial charge in [0.15, 0.2) is 0 Å². The van der Waals surface area contributed by atoms with E-state index in [1.807, 2.05) is 0 Å². The van der Waals surface area contributed by atoms with Gasteiger partial charge in [-0.1, -0.05) is 6.07 Å². The standard InChI is InChI=1S/C15H22N2O5/c1-20-7-8-22-10-9-21-6-5-11-12(14(16)18)3-2-4-13(11)15(17)19/h2-4H,5-10H2,1H3,(H2,16,18)(H2,17,19). The lowest BCUT2D eigenvalue weighted by Crippen LogP contribution is -2.21. The van der Waals surface area contributed by atoms with Gasteiger partial charge in [-0.2, -0.15) is 0 Å². The molecule has 7 nitrogen and oxygen atoms in total. The van der Waals surface area contributed by atoms with Crippen molar-refractivity contribution in [3.05, 3.63) is 34.9 Å². The fraction of sp³-hybridized carbons (Fsp3) is 0.467. The van der Waals surface area contributed by atoms with Crippen LogP contribution in [0.15, 0.2) is 18.2 Å². The van der Waals surface area contributed by atoms with Crippen LogP contribution in [0.2, 0.25) is 0 Å². The van der Waals surface area contributed by atoms with E-state index in [0.29, 0.717) is 45.0 Å². The molecule has 0 saturated heterocycles. The summed E-state index contributed by atoms with van der Waals surface area (Å²) < 4.78 is 15.5. The van der Waals surface area contributed by atoms with Crippen molar-refractivity contribution in [1.82, 2.24) is 0 Å². The van der Waals surface area contributed by atoms with Crippen molar-refractivity contribution >= 4 is 11.8 Å². The number of benzene rings is 1. The van der Waals surface area contributed by atoms with Crippen molar-refractivity contribution in [2.24, 2.45) is 11.5 Å². The Morgan fingerprint density at radius 2 is 1.41 bits per heavy atom. The quantitative estimate of drug-likeness (QED) is 0.563. The first kappa shape index (κ1) is 18.1. The third-order valence-corrected chi connectivity index (χ3v) is 3.01. The SMILES string of the molecule is COCCOCCOCCc1c(C(N)=O)cccc1C(N)=O. The molecule has 0 fully saturated rings. The van der Waals surface area contributed by atoms with Crippen molar-refractivity contribution in [3.8, 4) is 0 Å². The normalized spacial score (nSPS) is 10.6. The second kappa shape index (κ2) is 9.88. The van der Waals surface area contributed by atoms with Crippen LogP contribution in [0.25, 0.3) is 0 Å². The number of carbonyl (C=O) groups excluding carboxylic acids is 2. The van der Waals surface area contributed by atoms with Crippen molar-refractivity contribution in [2.45, 2.75) is 6.42 Å². The molecular formula is C15H22N2O5. The average molecular weight is 310 g/mol. The van der Waals surface area contributed by atoms with Gasteiger partial charge in [-0.25, -0.2) is 0 Å². The van der Waals surface area contributed by atoms with E-state index >= 15 is 0 Å². The molecule has 2 amide bonds. The zero-order valence-corrected chi connectivity index (χ0v) is 12.7. The van der Waals surface area contributed by atoms with Gasteiger partial charge in [0.2, 0.25) is 11.8 Å². The van der Waals surface area contributed by atoms with Crippen LogP contribution in [0.5, 0.6) is 0 Å². The maximum atomic E-state index is 11.4. The molecule has 0 unspecified atom stereocenters. The summed E-state index contributed by atoms with van der Waals surface area (Å²) in [6.45, 7) is 2.24. The average Bonchev–Trinajstić information content (AvgIpc) is 2.49. The Morgan fingerprint density at radius 3 is 1.91 bits per heavy atom. The van der Waals surface area contributed by atoms with Crippen LogP contribution in [0.3, 0.4) is 0 Å². The van der Waals surface area contributed by atoms with Gasteiger partial charge in [-0.05, 0) is 24.1 Å². The first-order valence-corrected chi connectivity index (χ1v) is 6.93. The molecule has 0 radical (unpaired) electrons. The number of carbonyl (C=O) groups is 2. The Labute approximate surface area is 129 Å². The van der Waals surface area contributed by atoms with Gasteiger partial charge in [-0.15, -0.1) is 0 Å². The number of hydrogen-bond acceptors (Lipinski definition) is 5. The van der Waals surface area contributed by atoms with Crippen LogP contribution in [0.1, 0.15) is 26.3 Å². The fourth-order valence-electron chi connectivity index (χ4n) is 1.96. The summed E-state index contributed by atoms with van der Waals surface area (Å²) >= 11 is 0. The lowest BCUT2D eigenvalue weighted by molar-refractivity contribution is 0.0255. The highest BCUT2D eigenvalue weighted by Crippen LogP contribution is 2.15. The van der Waals surface area contributed by atoms with Crippen LogP contribution in [0.4, 0.5) is 0 Å². The molecule has 1 aromatic carbocycles. The molecule has 0 atom stereocenters. The summed E-state index contributed by atoms with van der Waals surface area (Å²) in [6.07, 6.45) is 0.370. The number of nitrogens with two attached hydrogens (primary N) is 2.